The maximum Gasteiger partial charge on any atom is 0.317 e. The zero-order valence-corrected chi connectivity index (χ0v) is 18.0. The third kappa shape index (κ3) is 4.71. The number of fused-ring (bicyclic) bond motifs is 1. The van der Waals surface area contributed by atoms with E-state index < -0.39 is 17.9 Å². The van der Waals surface area contributed by atoms with Crippen LogP contribution in [0.25, 0.3) is 16.8 Å². The van der Waals surface area contributed by atoms with E-state index in [2.05, 4.69) is 6.07 Å². The van der Waals surface area contributed by atoms with Gasteiger partial charge < -0.3 is 10.2 Å². The normalized spacial score (nSPS) is 15.5. The molecule has 1 fully saturated rings. The average molecular weight is 444 g/mol. The summed E-state index contributed by atoms with van der Waals surface area (Å²) in [7, 11) is 0. The first kappa shape index (κ1) is 22.0. The molecule has 6 nitrogen and oxygen atoms in total. The Labute approximate surface area is 183 Å². The summed E-state index contributed by atoms with van der Waals surface area (Å²) in [6.07, 6.45) is 2.73. The predicted molar refractivity (Wildman–Crippen MR) is 121 cm³/mol. The Morgan fingerprint density at radius 2 is 1.77 bits per heavy atom. The molecule has 2 aromatic rings. The van der Waals surface area contributed by atoms with Crippen molar-refractivity contribution in [1.29, 1.82) is 0 Å². The molecule has 0 aliphatic carbocycles. The molecule has 1 amide bonds. The zero-order chi connectivity index (χ0) is 21.8. The number of rotatable bonds is 8. The standard InChI is InChI=1S/C22H21NO5S2/c1-13-9-10-14(16-7-3-2-6-15(13)16)12-18-19(24)23(22(29)30-18)11-5-4-8-17(20(25)26)21(27)28/h2-3,6-7,9-10,12,17H,4-5,8,11H2,1H3,(H,25,26)(H,27,28). The zero-order valence-electron chi connectivity index (χ0n) is 16.3. The van der Waals surface area contributed by atoms with Gasteiger partial charge in [0.25, 0.3) is 5.91 Å². The van der Waals surface area contributed by atoms with Gasteiger partial charge in [-0.05, 0) is 47.7 Å². The number of carboxylic acid groups (broad SMARTS) is 2. The van der Waals surface area contributed by atoms with Crippen LogP contribution in [0, 0.1) is 12.8 Å². The van der Waals surface area contributed by atoms with Crippen molar-refractivity contribution in [2.24, 2.45) is 5.92 Å². The van der Waals surface area contributed by atoms with E-state index in [4.69, 9.17) is 22.4 Å². The number of aliphatic carboxylic acids is 2. The number of thioether (sulfide) groups is 1. The fourth-order valence-electron chi connectivity index (χ4n) is 3.40. The smallest absolute Gasteiger partial charge is 0.317 e. The van der Waals surface area contributed by atoms with Gasteiger partial charge in [0, 0.05) is 6.54 Å². The number of carboxylic acids is 2. The summed E-state index contributed by atoms with van der Waals surface area (Å²) < 4.78 is 0.454. The lowest BCUT2D eigenvalue weighted by Crippen LogP contribution is -2.29. The van der Waals surface area contributed by atoms with Gasteiger partial charge in [-0.1, -0.05) is 66.8 Å². The lowest BCUT2D eigenvalue weighted by Gasteiger charge is -2.14. The van der Waals surface area contributed by atoms with Crippen molar-refractivity contribution < 1.29 is 24.6 Å². The quantitative estimate of drug-likeness (QED) is 0.272. The summed E-state index contributed by atoms with van der Waals surface area (Å²) in [5.41, 5.74) is 2.11. The Balaban J connectivity index is 1.69. The number of hydrogen-bond donors (Lipinski definition) is 2. The summed E-state index contributed by atoms with van der Waals surface area (Å²) >= 11 is 6.59. The van der Waals surface area contributed by atoms with Crippen LogP contribution in [0.5, 0.6) is 0 Å². The van der Waals surface area contributed by atoms with Gasteiger partial charge in [-0.3, -0.25) is 19.3 Å². The number of carbonyl (C=O) groups excluding carboxylic acids is 1. The van der Waals surface area contributed by atoms with Crippen molar-refractivity contribution in [2.75, 3.05) is 6.54 Å². The first-order valence-corrected chi connectivity index (χ1v) is 10.7. The first-order chi connectivity index (χ1) is 14.3. The number of thiocarbonyl (C=S) groups is 1. The highest BCUT2D eigenvalue weighted by atomic mass is 32.2. The molecule has 1 saturated heterocycles. The van der Waals surface area contributed by atoms with Gasteiger partial charge >= 0.3 is 11.9 Å². The van der Waals surface area contributed by atoms with Gasteiger partial charge in [0.15, 0.2) is 5.92 Å². The lowest BCUT2D eigenvalue weighted by molar-refractivity contribution is -0.154. The topological polar surface area (TPSA) is 94.9 Å². The van der Waals surface area contributed by atoms with E-state index in [1.807, 2.05) is 43.3 Å². The highest BCUT2D eigenvalue weighted by molar-refractivity contribution is 8.26. The van der Waals surface area contributed by atoms with Crippen LogP contribution in [0.1, 0.15) is 30.4 Å². The molecule has 0 radical (unpaired) electrons. The number of benzene rings is 2. The van der Waals surface area contributed by atoms with E-state index in [0.717, 1.165) is 21.9 Å². The maximum atomic E-state index is 12.8. The van der Waals surface area contributed by atoms with Crippen molar-refractivity contribution >= 4 is 63.0 Å². The molecular weight excluding hydrogens is 422 g/mol. The molecular formula is C22H21NO5S2. The molecule has 0 atom stereocenters. The number of unbranched alkanes of at least 4 members (excludes halogenated alkanes) is 1. The molecule has 0 spiro atoms. The summed E-state index contributed by atoms with van der Waals surface area (Å²) in [5.74, 6) is -4.30. The Bertz CT molecular complexity index is 1050. The fraction of sp³-hybridized carbons (Fsp3) is 0.273. The van der Waals surface area contributed by atoms with Gasteiger partial charge in [0.2, 0.25) is 0 Å². The number of hydrogen-bond acceptors (Lipinski definition) is 5. The minimum absolute atomic E-state index is 0.0185. The first-order valence-electron chi connectivity index (χ1n) is 9.49. The molecule has 3 rings (SSSR count). The van der Waals surface area contributed by atoms with Crippen LogP contribution in [-0.2, 0) is 14.4 Å². The number of amides is 1. The maximum absolute atomic E-state index is 12.8. The largest absolute Gasteiger partial charge is 0.481 e. The molecule has 0 aromatic heterocycles. The van der Waals surface area contributed by atoms with E-state index in [-0.39, 0.29) is 12.3 Å². The summed E-state index contributed by atoms with van der Waals surface area (Å²) in [5, 5.41) is 20.1. The molecule has 0 saturated carbocycles. The van der Waals surface area contributed by atoms with E-state index in [1.54, 1.807) is 0 Å². The lowest BCUT2D eigenvalue weighted by atomic mass is 10.00. The van der Waals surface area contributed by atoms with Gasteiger partial charge in [-0.2, -0.15) is 0 Å². The number of nitrogens with zero attached hydrogens (tertiary/aromatic N) is 1. The van der Waals surface area contributed by atoms with E-state index in [1.165, 1.54) is 16.7 Å². The van der Waals surface area contributed by atoms with Crippen molar-refractivity contribution in [3.8, 4) is 0 Å². The third-order valence-electron chi connectivity index (χ3n) is 5.06. The Kier molecular flexibility index (Phi) is 6.89. The van der Waals surface area contributed by atoms with Crippen molar-refractivity contribution in [2.45, 2.75) is 26.2 Å². The average Bonchev–Trinajstić information content (AvgIpc) is 2.96. The van der Waals surface area contributed by atoms with Crippen LogP contribution in [0.4, 0.5) is 0 Å². The minimum atomic E-state index is -1.43. The highest BCUT2D eigenvalue weighted by Gasteiger charge is 2.32. The van der Waals surface area contributed by atoms with E-state index >= 15 is 0 Å². The Hall–Kier alpha value is -2.71. The van der Waals surface area contributed by atoms with Gasteiger partial charge in [0.1, 0.15) is 4.32 Å². The van der Waals surface area contributed by atoms with Gasteiger partial charge in [0.05, 0.1) is 4.91 Å². The summed E-state index contributed by atoms with van der Waals surface area (Å²) in [6, 6.07) is 12.0. The van der Waals surface area contributed by atoms with E-state index in [0.29, 0.717) is 28.6 Å². The van der Waals surface area contributed by atoms with Gasteiger partial charge in [-0.25, -0.2) is 0 Å². The number of aryl methyl sites for hydroxylation is 1. The van der Waals surface area contributed by atoms with Crippen LogP contribution >= 0.6 is 24.0 Å². The van der Waals surface area contributed by atoms with Crippen molar-refractivity contribution in [3.63, 3.8) is 0 Å². The molecule has 8 heteroatoms. The Morgan fingerprint density at radius 3 is 2.43 bits per heavy atom. The molecule has 1 heterocycles. The monoisotopic (exact) mass is 443 g/mol. The predicted octanol–water partition coefficient (Wildman–Crippen LogP) is 4.31. The molecule has 2 aromatic carbocycles. The molecule has 0 bridgehead atoms. The van der Waals surface area contributed by atoms with Gasteiger partial charge in [-0.15, -0.1) is 0 Å². The number of carbonyl (C=O) groups is 3. The highest BCUT2D eigenvalue weighted by Crippen LogP contribution is 2.34. The molecule has 1 aliphatic heterocycles. The van der Waals surface area contributed by atoms with Crippen LogP contribution in [0.15, 0.2) is 41.3 Å². The van der Waals surface area contributed by atoms with E-state index in [9.17, 15) is 14.4 Å². The molecule has 1 aliphatic rings. The molecule has 0 unspecified atom stereocenters. The molecule has 156 valence electrons. The minimum Gasteiger partial charge on any atom is -0.481 e. The molecule has 30 heavy (non-hydrogen) atoms. The second-order valence-electron chi connectivity index (χ2n) is 7.08. The third-order valence-corrected chi connectivity index (χ3v) is 6.43. The second-order valence-corrected chi connectivity index (χ2v) is 8.75. The van der Waals surface area contributed by atoms with Crippen LogP contribution in [-0.4, -0.2) is 43.8 Å². The second kappa shape index (κ2) is 9.40. The SMILES string of the molecule is Cc1ccc(C=C2SC(=S)N(CCCCC(C(=O)O)C(=O)O)C2=O)c2ccccc12. The van der Waals surface area contributed by atoms with Crippen LogP contribution < -0.4 is 0 Å². The Morgan fingerprint density at radius 1 is 1.10 bits per heavy atom. The van der Waals surface area contributed by atoms with Crippen molar-refractivity contribution in [3.05, 3.63) is 52.4 Å². The summed E-state index contributed by atoms with van der Waals surface area (Å²) in [6.45, 7) is 2.38. The fourth-order valence-corrected chi connectivity index (χ4v) is 4.70. The molecule has 2 N–H and O–H groups in total. The van der Waals surface area contributed by atoms with Crippen LogP contribution in [0.2, 0.25) is 0 Å². The summed E-state index contributed by atoms with van der Waals surface area (Å²) in [4.78, 5) is 36.8. The van der Waals surface area contributed by atoms with Crippen LogP contribution in [0.3, 0.4) is 0 Å². The van der Waals surface area contributed by atoms with Crippen molar-refractivity contribution in [1.82, 2.24) is 4.90 Å².